The van der Waals surface area contributed by atoms with Gasteiger partial charge in [0.2, 0.25) is 0 Å². The van der Waals surface area contributed by atoms with E-state index in [1.165, 1.54) is 12.8 Å². The molecule has 0 aliphatic carbocycles. The number of hydrogen-bond donors (Lipinski definition) is 0. The van der Waals surface area contributed by atoms with Gasteiger partial charge in [-0.2, -0.15) is 0 Å². The van der Waals surface area contributed by atoms with Gasteiger partial charge in [-0.3, -0.25) is 9.59 Å². The Bertz CT molecular complexity index is 231. The molecule has 0 N–H and O–H groups in total. The zero-order valence-electron chi connectivity index (χ0n) is 14.1. The minimum atomic E-state index is -0.301. The van der Waals surface area contributed by atoms with Gasteiger partial charge in [-0.1, -0.05) is 52.4 Å². The van der Waals surface area contributed by atoms with Crippen molar-refractivity contribution in [2.75, 3.05) is 13.2 Å². The Morgan fingerprint density at radius 3 is 1.38 bits per heavy atom. The molecule has 0 heterocycles. The number of rotatable bonds is 13. The van der Waals surface area contributed by atoms with Crippen molar-refractivity contribution in [1.29, 1.82) is 0 Å². The molecule has 0 rings (SSSR count). The zero-order valence-corrected chi connectivity index (χ0v) is 16.1. The van der Waals surface area contributed by atoms with Crippen LogP contribution < -0.4 is 0 Å². The molecule has 4 nitrogen and oxygen atoms in total. The molecule has 0 aromatic rings. The maximum Gasteiger partial charge on any atom is 0.306 e. The van der Waals surface area contributed by atoms with Crippen molar-refractivity contribution in [3.8, 4) is 0 Å². The summed E-state index contributed by atoms with van der Waals surface area (Å²) in [5.74, 6) is -0.603. The van der Waals surface area contributed by atoms with Gasteiger partial charge in [0, 0.05) is 29.6 Å². The van der Waals surface area contributed by atoms with E-state index >= 15 is 0 Å². The van der Waals surface area contributed by atoms with Crippen LogP contribution in [0.5, 0.6) is 0 Å². The van der Waals surface area contributed by atoms with E-state index < -0.39 is 0 Å². The molecule has 1 radical (unpaired) electrons. The average molecular weight is 309 g/mol. The van der Waals surface area contributed by atoms with E-state index in [0.717, 1.165) is 38.5 Å². The maximum atomic E-state index is 11.4. The number of ether oxygens (including phenoxy) is 2. The summed E-state index contributed by atoms with van der Waals surface area (Å²) >= 11 is 0. The van der Waals surface area contributed by atoms with E-state index in [1.807, 2.05) is 0 Å². The first-order valence-electron chi connectivity index (χ1n) is 8.02. The van der Waals surface area contributed by atoms with Crippen molar-refractivity contribution >= 4 is 41.5 Å². The molecule has 0 aromatic carbocycles. The van der Waals surface area contributed by atoms with Crippen LogP contribution in [0, 0.1) is 0 Å². The molecule has 0 fully saturated rings. The Morgan fingerprint density at radius 1 is 0.667 bits per heavy atom. The van der Waals surface area contributed by atoms with E-state index in [9.17, 15) is 9.59 Å². The van der Waals surface area contributed by atoms with Crippen LogP contribution in [0.2, 0.25) is 0 Å². The third-order valence-corrected chi connectivity index (χ3v) is 3.06. The number of esters is 2. The van der Waals surface area contributed by atoms with E-state index in [2.05, 4.69) is 13.8 Å². The predicted octanol–water partition coefficient (Wildman–Crippen LogP) is 3.63. The summed E-state index contributed by atoms with van der Waals surface area (Å²) in [6.45, 7) is 5.20. The van der Waals surface area contributed by atoms with Gasteiger partial charge < -0.3 is 9.47 Å². The summed E-state index contributed by atoms with van der Waals surface area (Å²) in [5.41, 5.74) is 0. The second-order valence-electron chi connectivity index (χ2n) is 5.06. The SMILES string of the molecule is CCCCCCOC(=O)CCC(=O)OCCCCCC.[Na]. The molecule has 5 heteroatoms. The van der Waals surface area contributed by atoms with Crippen molar-refractivity contribution in [3.63, 3.8) is 0 Å². The molecule has 0 unspecified atom stereocenters. The average Bonchev–Trinajstić information content (AvgIpc) is 2.44. The van der Waals surface area contributed by atoms with Crippen LogP contribution in [0.4, 0.5) is 0 Å². The Kier molecular flexibility index (Phi) is 19.9. The number of hydrogen-bond acceptors (Lipinski definition) is 4. The molecule has 0 amide bonds. The summed E-state index contributed by atoms with van der Waals surface area (Å²) in [7, 11) is 0. The third-order valence-electron chi connectivity index (χ3n) is 3.06. The summed E-state index contributed by atoms with van der Waals surface area (Å²) < 4.78 is 10.1. The fourth-order valence-electron chi connectivity index (χ4n) is 1.78. The molecule has 0 aromatic heterocycles. The van der Waals surface area contributed by atoms with Crippen molar-refractivity contribution in [2.24, 2.45) is 0 Å². The van der Waals surface area contributed by atoms with Gasteiger partial charge in [0.1, 0.15) is 0 Å². The molecule has 0 saturated heterocycles. The van der Waals surface area contributed by atoms with Gasteiger partial charge >= 0.3 is 11.9 Å². The van der Waals surface area contributed by atoms with Gasteiger partial charge in [-0.25, -0.2) is 0 Å². The Morgan fingerprint density at radius 2 is 1.05 bits per heavy atom. The summed E-state index contributed by atoms with van der Waals surface area (Å²) in [4.78, 5) is 22.7. The van der Waals surface area contributed by atoms with E-state index in [4.69, 9.17) is 9.47 Å². The van der Waals surface area contributed by atoms with Gasteiger partial charge in [0.25, 0.3) is 0 Å². The van der Waals surface area contributed by atoms with Crippen LogP contribution >= 0.6 is 0 Å². The smallest absolute Gasteiger partial charge is 0.306 e. The van der Waals surface area contributed by atoms with E-state index in [-0.39, 0.29) is 54.3 Å². The van der Waals surface area contributed by atoms with Crippen LogP contribution in [-0.4, -0.2) is 54.7 Å². The molecule has 0 aliphatic heterocycles. The monoisotopic (exact) mass is 309 g/mol. The van der Waals surface area contributed by atoms with Gasteiger partial charge in [-0.05, 0) is 12.8 Å². The van der Waals surface area contributed by atoms with Crippen LogP contribution in [0.15, 0.2) is 0 Å². The van der Waals surface area contributed by atoms with Gasteiger partial charge in [-0.15, -0.1) is 0 Å². The van der Waals surface area contributed by atoms with Crippen LogP contribution in [0.3, 0.4) is 0 Å². The normalized spacial score (nSPS) is 9.81. The number of unbranched alkanes of at least 4 members (excludes halogenated alkanes) is 6. The van der Waals surface area contributed by atoms with E-state index in [1.54, 1.807) is 0 Å². The molecular weight excluding hydrogens is 279 g/mol. The standard InChI is InChI=1S/C16H30O4.Na/c1-3-5-7-9-13-19-15(17)11-12-16(18)20-14-10-8-6-4-2;/h3-14H2,1-2H3;. The van der Waals surface area contributed by atoms with Crippen LogP contribution in [-0.2, 0) is 19.1 Å². The molecule has 119 valence electrons. The quantitative estimate of drug-likeness (QED) is 0.296. The van der Waals surface area contributed by atoms with Gasteiger partial charge in [0.15, 0.2) is 0 Å². The number of carbonyl (C=O) groups is 2. The first-order chi connectivity index (χ1) is 9.70. The third kappa shape index (κ3) is 17.9. The van der Waals surface area contributed by atoms with Gasteiger partial charge in [0.05, 0.1) is 26.1 Å². The maximum absolute atomic E-state index is 11.4. The first kappa shape index (κ1) is 23.2. The summed E-state index contributed by atoms with van der Waals surface area (Å²) in [6.07, 6.45) is 8.90. The second kappa shape index (κ2) is 18.0. The molecular formula is C16H30NaO4. The molecule has 0 aliphatic rings. The van der Waals surface area contributed by atoms with Crippen LogP contribution in [0.25, 0.3) is 0 Å². The second-order valence-corrected chi connectivity index (χ2v) is 5.06. The topological polar surface area (TPSA) is 52.6 Å². The van der Waals surface area contributed by atoms with Crippen LogP contribution in [0.1, 0.15) is 78.1 Å². The minimum absolute atomic E-state index is 0. The van der Waals surface area contributed by atoms with Crippen molar-refractivity contribution in [1.82, 2.24) is 0 Å². The first-order valence-corrected chi connectivity index (χ1v) is 8.02. The molecule has 0 bridgehead atoms. The van der Waals surface area contributed by atoms with Crippen molar-refractivity contribution < 1.29 is 19.1 Å². The Hall–Kier alpha value is -0.0600. The number of carbonyl (C=O) groups excluding carboxylic acids is 2. The summed E-state index contributed by atoms with van der Waals surface area (Å²) in [5, 5.41) is 0. The fourth-order valence-corrected chi connectivity index (χ4v) is 1.78. The molecule has 0 atom stereocenters. The largest absolute Gasteiger partial charge is 0.466 e. The fraction of sp³-hybridized carbons (Fsp3) is 0.875. The zero-order chi connectivity index (χ0) is 15.1. The Labute approximate surface area is 151 Å². The molecule has 0 saturated carbocycles. The minimum Gasteiger partial charge on any atom is -0.466 e. The summed E-state index contributed by atoms with van der Waals surface area (Å²) in [6, 6.07) is 0. The molecule has 21 heavy (non-hydrogen) atoms. The van der Waals surface area contributed by atoms with Crippen molar-refractivity contribution in [2.45, 2.75) is 78.1 Å². The Balaban J connectivity index is 0. The predicted molar refractivity (Wildman–Crippen MR) is 85.2 cm³/mol. The van der Waals surface area contributed by atoms with Crippen molar-refractivity contribution in [3.05, 3.63) is 0 Å². The molecule has 0 spiro atoms. The van der Waals surface area contributed by atoms with E-state index in [0.29, 0.717) is 13.2 Å².